The average Bonchev–Trinajstić information content (AvgIpc) is 2.38. The summed E-state index contributed by atoms with van der Waals surface area (Å²) in [4.78, 5) is 4.01. The van der Waals surface area contributed by atoms with Crippen LogP contribution in [0.2, 0.25) is 5.02 Å². The summed E-state index contributed by atoms with van der Waals surface area (Å²) in [5.41, 5.74) is 1.15. The van der Waals surface area contributed by atoms with Gasteiger partial charge in [-0.2, -0.15) is 11.8 Å². The highest BCUT2D eigenvalue weighted by atomic mass is 35.5. The molecule has 1 N–H and O–H groups in total. The largest absolute Gasteiger partial charge is 0.309 e. The molecule has 17 heavy (non-hydrogen) atoms. The Labute approximate surface area is 113 Å². The van der Waals surface area contributed by atoms with E-state index >= 15 is 0 Å². The standard InChI is InChI=1S/C13H19ClN2S/c1-17-13-5-3-2-4-12(13)16-8-10-6-7-15-9-11(10)14/h6-7,9,12-13,16H,2-5,8H2,1H3. The van der Waals surface area contributed by atoms with Gasteiger partial charge in [-0.05, 0) is 30.7 Å². The molecule has 94 valence electrons. The molecule has 0 aliphatic heterocycles. The van der Waals surface area contributed by atoms with Crippen molar-refractivity contribution in [3.8, 4) is 0 Å². The summed E-state index contributed by atoms with van der Waals surface area (Å²) < 4.78 is 0. The van der Waals surface area contributed by atoms with Crippen molar-refractivity contribution in [3.63, 3.8) is 0 Å². The maximum Gasteiger partial charge on any atom is 0.0634 e. The van der Waals surface area contributed by atoms with E-state index in [1.165, 1.54) is 25.7 Å². The van der Waals surface area contributed by atoms with E-state index in [4.69, 9.17) is 11.6 Å². The van der Waals surface area contributed by atoms with Gasteiger partial charge < -0.3 is 5.32 Å². The van der Waals surface area contributed by atoms with Gasteiger partial charge in [-0.3, -0.25) is 4.98 Å². The number of pyridine rings is 1. The SMILES string of the molecule is CSC1CCCCC1NCc1ccncc1Cl. The molecular weight excluding hydrogens is 252 g/mol. The summed E-state index contributed by atoms with van der Waals surface area (Å²) in [5.74, 6) is 0. The molecule has 1 aliphatic rings. The number of nitrogens with zero attached hydrogens (tertiary/aromatic N) is 1. The second-order valence-electron chi connectivity index (χ2n) is 4.51. The maximum absolute atomic E-state index is 6.10. The molecule has 1 aromatic rings. The van der Waals surface area contributed by atoms with Gasteiger partial charge in [0.05, 0.1) is 5.02 Å². The smallest absolute Gasteiger partial charge is 0.0634 e. The summed E-state index contributed by atoms with van der Waals surface area (Å²) in [6.07, 6.45) is 11.1. The summed E-state index contributed by atoms with van der Waals surface area (Å²) in [7, 11) is 0. The van der Waals surface area contributed by atoms with Crippen molar-refractivity contribution in [2.45, 2.75) is 43.5 Å². The number of hydrogen-bond acceptors (Lipinski definition) is 3. The predicted molar refractivity (Wildman–Crippen MR) is 75.6 cm³/mol. The number of thioether (sulfide) groups is 1. The molecule has 1 fully saturated rings. The van der Waals surface area contributed by atoms with E-state index in [2.05, 4.69) is 16.6 Å². The molecular formula is C13H19ClN2S. The van der Waals surface area contributed by atoms with Crippen molar-refractivity contribution < 1.29 is 0 Å². The van der Waals surface area contributed by atoms with E-state index in [0.29, 0.717) is 6.04 Å². The Bertz CT molecular complexity index is 359. The van der Waals surface area contributed by atoms with E-state index in [9.17, 15) is 0 Å². The van der Waals surface area contributed by atoms with Crippen molar-refractivity contribution in [2.75, 3.05) is 6.26 Å². The maximum atomic E-state index is 6.10. The normalized spacial score (nSPS) is 24.8. The van der Waals surface area contributed by atoms with Gasteiger partial charge in [-0.1, -0.05) is 24.4 Å². The number of rotatable bonds is 4. The summed E-state index contributed by atoms with van der Waals surface area (Å²) in [6.45, 7) is 0.850. The van der Waals surface area contributed by atoms with E-state index in [-0.39, 0.29) is 0 Å². The van der Waals surface area contributed by atoms with Crippen LogP contribution in [0.4, 0.5) is 0 Å². The Morgan fingerprint density at radius 2 is 2.29 bits per heavy atom. The Balaban J connectivity index is 1.90. The lowest BCUT2D eigenvalue weighted by Gasteiger charge is -2.31. The summed E-state index contributed by atoms with van der Waals surface area (Å²) in [6, 6.07) is 2.62. The highest BCUT2D eigenvalue weighted by Gasteiger charge is 2.23. The molecule has 1 aromatic heterocycles. The first kappa shape index (κ1) is 13.2. The van der Waals surface area contributed by atoms with Crippen LogP contribution in [-0.4, -0.2) is 22.5 Å². The molecule has 0 spiro atoms. The van der Waals surface area contributed by atoms with Gasteiger partial charge in [0.1, 0.15) is 0 Å². The molecule has 0 aromatic carbocycles. The van der Waals surface area contributed by atoms with Crippen molar-refractivity contribution >= 4 is 23.4 Å². The van der Waals surface area contributed by atoms with Gasteiger partial charge in [-0.25, -0.2) is 0 Å². The topological polar surface area (TPSA) is 24.9 Å². The molecule has 1 aliphatic carbocycles. The van der Waals surface area contributed by atoms with Gasteiger partial charge in [0.15, 0.2) is 0 Å². The molecule has 0 amide bonds. The zero-order chi connectivity index (χ0) is 12.1. The minimum absolute atomic E-state index is 0.628. The van der Waals surface area contributed by atoms with Gasteiger partial charge >= 0.3 is 0 Å². The second kappa shape index (κ2) is 6.62. The molecule has 2 atom stereocenters. The third-order valence-corrected chi connectivity index (χ3v) is 4.93. The third kappa shape index (κ3) is 3.60. The van der Waals surface area contributed by atoms with Crippen LogP contribution >= 0.6 is 23.4 Å². The Morgan fingerprint density at radius 3 is 3.06 bits per heavy atom. The Hall–Kier alpha value is -0.250. The van der Waals surface area contributed by atoms with E-state index in [1.807, 2.05) is 17.8 Å². The number of nitrogens with one attached hydrogen (secondary N) is 1. The van der Waals surface area contributed by atoms with Gasteiger partial charge in [-0.15, -0.1) is 0 Å². The van der Waals surface area contributed by atoms with Gasteiger partial charge in [0.2, 0.25) is 0 Å². The van der Waals surface area contributed by atoms with Crippen LogP contribution in [0.1, 0.15) is 31.2 Å². The van der Waals surface area contributed by atoms with Crippen molar-refractivity contribution in [1.29, 1.82) is 0 Å². The minimum Gasteiger partial charge on any atom is -0.309 e. The minimum atomic E-state index is 0.628. The lowest BCUT2D eigenvalue weighted by Crippen LogP contribution is -2.39. The lowest BCUT2D eigenvalue weighted by atomic mass is 9.94. The zero-order valence-corrected chi connectivity index (χ0v) is 11.7. The molecule has 2 rings (SSSR count). The van der Waals surface area contributed by atoms with Crippen molar-refractivity contribution in [1.82, 2.24) is 10.3 Å². The number of hydrogen-bond donors (Lipinski definition) is 1. The fourth-order valence-corrected chi connectivity index (χ4v) is 3.55. The lowest BCUT2D eigenvalue weighted by molar-refractivity contribution is 0.383. The predicted octanol–water partition coefficient (Wildman–Crippen LogP) is 3.50. The highest BCUT2D eigenvalue weighted by Crippen LogP contribution is 2.27. The van der Waals surface area contributed by atoms with Gasteiger partial charge in [0.25, 0.3) is 0 Å². The fourth-order valence-electron chi connectivity index (χ4n) is 2.40. The molecule has 0 radical (unpaired) electrons. The van der Waals surface area contributed by atoms with Crippen LogP contribution in [0, 0.1) is 0 Å². The van der Waals surface area contributed by atoms with Crippen molar-refractivity contribution in [2.24, 2.45) is 0 Å². The molecule has 4 heteroatoms. The second-order valence-corrected chi connectivity index (χ2v) is 6.00. The van der Waals surface area contributed by atoms with E-state index in [0.717, 1.165) is 22.4 Å². The Kier molecular flexibility index (Phi) is 5.14. The third-order valence-electron chi connectivity index (χ3n) is 3.42. The first-order valence-corrected chi connectivity index (χ1v) is 7.82. The van der Waals surface area contributed by atoms with E-state index < -0.39 is 0 Å². The molecule has 1 saturated carbocycles. The molecule has 2 unspecified atom stereocenters. The van der Waals surface area contributed by atoms with Gasteiger partial charge in [0, 0.05) is 30.2 Å². The summed E-state index contributed by atoms with van der Waals surface area (Å²) >= 11 is 8.09. The van der Waals surface area contributed by atoms with Crippen LogP contribution in [0.15, 0.2) is 18.5 Å². The molecule has 0 bridgehead atoms. The first-order chi connectivity index (χ1) is 8.31. The fraction of sp³-hybridized carbons (Fsp3) is 0.615. The first-order valence-electron chi connectivity index (χ1n) is 6.16. The monoisotopic (exact) mass is 270 g/mol. The van der Waals surface area contributed by atoms with Crippen LogP contribution in [0.3, 0.4) is 0 Å². The Morgan fingerprint density at radius 1 is 1.47 bits per heavy atom. The van der Waals surface area contributed by atoms with Crippen LogP contribution in [0.5, 0.6) is 0 Å². The highest BCUT2D eigenvalue weighted by molar-refractivity contribution is 7.99. The molecule has 0 saturated heterocycles. The average molecular weight is 271 g/mol. The number of halogens is 1. The van der Waals surface area contributed by atoms with E-state index in [1.54, 1.807) is 12.4 Å². The van der Waals surface area contributed by atoms with Crippen LogP contribution in [0.25, 0.3) is 0 Å². The summed E-state index contributed by atoms with van der Waals surface area (Å²) in [5, 5.41) is 5.16. The van der Waals surface area contributed by atoms with Crippen LogP contribution in [-0.2, 0) is 6.54 Å². The van der Waals surface area contributed by atoms with Crippen molar-refractivity contribution in [3.05, 3.63) is 29.0 Å². The number of aromatic nitrogens is 1. The molecule has 1 heterocycles. The molecule has 2 nitrogen and oxygen atoms in total. The van der Waals surface area contributed by atoms with Crippen LogP contribution < -0.4 is 5.32 Å². The quantitative estimate of drug-likeness (QED) is 0.907. The zero-order valence-electron chi connectivity index (χ0n) is 10.2.